The van der Waals surface area contributed by atoms with Crippen molar-refractivity contribution >= 4 is 27.8 Å². The second kappa shape index (κ2) is 11.6. The second-order valence-electron chi connectivity index (χ2n) is 8.40. The summed E-state index contributed by atoms with van der Waals surface area (Å²) in [4.78, 5) is 22.2. The van der Waals surface area contributed by atoms with Gasteiger partial charge in [-0.2, -0.15) is 22.5 Å². The Kier molecular flexibility index (Phi) is 8.92. The van der Waals surface area contributed by atoms with E-state index in [0.29, 0.717) is 32.0 Å². The summed E-state index contributed by atoms with van der Waals surface area (Å²) in [5, 5.41) is 7.12. The van der Waals surface area contributed by atoms with E-state index >= 15 is 0 Å². The summed E-state index contributed by atoms with van der Waals surface area (Å²) in [6, 6.07) is 5.50. The highest BCUT2D eigenvalue weighted by Crippen LogP contribution is 2.29. The molecule has 15 heteroatoms. The van der Waals surface area contributed by atoms with Gasteiger partial charge in [-0.3, -0.25) is 0 Å². The van der Waals surface area contributed by atoms with Gasteiger partial charge < -0.3 is 19.6 Å². The van der Waals surface area contributed by atoms with Crippen LogP contribution in [-0.2, 0) is 32.4 Å². The van der Waals surface area contributed by atoms with E-state index in [2.05, 4.69) is 4.90 Å². The standard InChI is InChI=1S/C20H26FN5O3S.C2HF3O2/c1-24(2)19-15-7-9-26(30(27,28)18-6-4-3-5-16(18)21)10-8-17(15)22-20(23-19)25-11-13-29-14-12-25;3-2(4,5)1(6)7/h3-6H,7-14H2,1-2H3;(H,6,7). The lowest BCUT2D eigenvalue weighted by Gasteiger charge is -2.28. The summed E-state index contributed by atoms with van der Waals surface area (Å²) < 4.78 is 78.8. The number of carboxylic acids is 1. The molecule has 1 aromatic heterocycles. The van der Waals surface area contributed by atoms with Crippen LogP contribution in [-0.4, -0.2) is 93.4 Å². The van der Waals surface area contributed by atoms with Crippen LogP contribution in [0.2, 0.25) is 0 Å². The maximum absolute atomic E-state index is 14.2. The second-order valence-corrected chi connectivity index (χ2v) is 10.3. The maximum atomic E-state index is 14.2. The fourth-order valence-electron chi connectivity index (χ4n) is 3.85. The molecule has 2 aliphatic heterocycles. The van der Waals surface area contributed by atoms with Crippen LogP contribution in [0.5, 0.6) is 0 Å². The number of aliphatic carboxylic acids is 1. The van der Waals surface area contributed by atoms with E-state index in [4.69, 9.17) is 24.6 Å². The lowest BCUT2D eigenvalue weighted by molar-refractivity contribution is -0.192. The molecule has 0 atom stereocenters. The van der Waals surface area contributed by atoms with E-state index in [1.54, 1.807) is 0 Å². The van der Waals surface area contributed by atoms with Gasteiger partial charge in [0.25, 0.3) is 0 Å². The highest BCUT2D eigenvalue weighted by atomic mass is 32.2. The van der Waals surface area contributed by atoms with Gasteiger partial charge in [-0.1, -0.05) is 12.1 Å². The summed E-state index contributed by atoms with van der Waals surface area (Å²) in [7, 11) is -0.0857. The number of benzene rings is 1. The molecule has 0 amide bonds. The summed E-state index contributed by atoms with van der Waals surface area (Å²) in [5.74, 6) is -2.05. The number of carbonyl (C=O) groups is 1. The number of hydrogen-bond acceptors (Lipinski definition) is 8. The predicted octanol–water partition coefficient (Wildman–Crippen LogP) is 1.94. The SMILES string of the molecule is CN(C)c1nc(N2CCOCC2)nc2c1CCN(S(=O)(=O)c1ccccc1F)CC2.O=C(O)C(F)(F)F. The van der Waals surface area contributed by atoms with Crippen molar-refractivity contribution < 1.29 is 40.6 Å². The Balaban J connectivity index is 0.000000479. The number of carboxylic acid groups (broad SMARTS) is 1. The number of fused-ring (bicyclic) bond motifs is 1. The number of aromatic nitrogens is 2. The Morgan fingerprint density at radius 2 is 1.65 bits per heavy atom. The van der Waals surface area contributed by atoms with Crippen LogP contribution in [0, 0.1) is 5.82 Å². The van der Waals surface area contributed by atoms with Crippen LogP contribution in [0.3, 0.4) is 0 Å². The van der Waals surface area contributed by atoms with E-state index in [-0.39, 0.29) is 18.0 Å². The lowest BCUT2D eigenvalue weighted by Crippen LogP contribution is -2.38. The summed E-state index contributed by atoms with van der Waals surface area (Å²) in [6.07, 6.45) is -4.16. The molecule has 0 radical (unpaired) electrons. The van der Waals surface area contributed by atoms with Crippen molar-refractivity contribution in [3.8, 4) is 0 Å². The highest BCUT2D eigenvalue weighted by molar-refractivity contribution is 7.89. The van der Waals surface area contributed by atoms with Crippen molar-refractivity contribution in [1.82, 2.24) is 14.3 Å². The van der Waals surface area contributed by atoms with Crippen molar-refractivity contribution in [2.45, 2.75) is 23.9 Å². The summed E-state index contributed by atoms with van der Waals surface area (Å²) in [6.45, 7) is 3.21. The average molecular weight is 550 g/mol. The van der Waals surface area contributed by atoms with Gasteiger partial charge in [0.1, 0.15) is 16.5 Å². The van der Waals surface area contributed by atoms with Crippen molar-refractivity contribution in [2.75, 3.05) is 63.3 Å². The quantitative estimate of drug-likeness (QED) is 0.572. The first-order valence-corrected chi connectivity index (χ1v) is 12.7. The molecule has 0 bridgehead atoms. The number of anilines is 2. The zero-order valence-electron chi connectivity index (χ0n) is 20.2. The molecule has 2 aliphatic rings. The molecule has 1 N–H and O–H groups in total. The molecule has 0 spiro atoms. The van der Waals surface area contributed by atoms with Crippen LogP contribution in [0.1, 0.15) is 11.3 Å². The third-order valence-electron chi connectivity index (χ3n) is 5.68. The number of nitrogens with zero attached hydrogens (tertiary/aromatic N) is 5. The van der Waals surface area contributed by atoms with Crippen molar-refractivity contribution in [1.29, 1.82) is 0 Å². The van der Waals surface area contributed by atoms with Gasteiger partial charge >= 0.3 is 12.1 Å². The monoisotopic (exact) mass is 549 g/mol. The first kappa shape index (κ1) is 28.5. The highest BCUT2D eigenvalue weighted by Gasteiger charge is 2.38. The van der Waals surface area contributed by atoms with E-state index < -0.39 is 28.0 Å². The number of alkyl halides is 3. The smallest absolute Gasteiger partial charge is 0.475 e. The van der Waals surface area contributed by atoms with E-state index in [1.165, 1.54) is 28.6 Å². The number of ether oxygens (including phenoxy) is 1. The molecular formula is C22H27F4N5O5S. The third kappa shape index (κ3) is 6.84. The van der Waals surface area contributed by atoms with Crippen LogP contribution in [0.4, 0.5) is 29.3 Å². The Morgan fingerprint density at radius 1 is 1.05 bits per heavy atom. The van der Waals surface area contributed by atoms with Crippen LogP contribution in [0.25, 0.3) is 0 Å². The Morgan fingerprint density at radius 3 is 2.22 bits per heavy atom. The van der Waals surface area contributed by atoms with E-state index in [1.807, 2.05) is 19.0 Å². The Labute approximate surface area is 211 Å². The summed E-state index contributed by atoms with van der Waals surface area (Å²) in [5.41, 5.74) is 1.80. The topological polar surface area (TPSA) is 116 Å². The normalized spacial score (nSPS) is 16.8. The van der Waals surface area contributed by atoms with Crippen LogP contribution < -0.4 is 9.80 Å². The molecule has 1 aromatic carbocycles. The van der Waals surface area contributed by atoms with Gasteiger partial charge in [-0.25, -0.2) is 22.6 Å². The third-order valence-corrected chi connectivity index (χ3v) is 7.61. The molecular weight excluding hydrogens is 522 g/mol. The molecule has 4 rings (SSSR count). The van der Waals surface area contributed by atoms with Crippen LogP contribution >= 0.6 is 0 Å². The number of sulfonamides is 1. The average Bonchev–Trinajstić information content (AvgIpc) is 3.07. The van der Waals surface area contributed by atoms with Crippen LogP contribution in [0.15, 0.2) is 29.2 Å². The predicted molar refractivity (Wildman–Crippen MR) is 126 cm³/mol. The Hall–Kier alpha value is -3.04. The van der Waals surface area contributed by atoms with Gasteiger partial charge in [0.15, 0.2) is 0 Å². The number of rotatable bonds is 4. The Bertz CT molecular complexity index is 1220. The molecule has 0 saturated carbocycles. The minimum Gasteiger partial charge on any atom is -0.475 e. The van der Waals surface area contributed by atoms with Gasteiger partial charge in [0, 0.05) is 52.3 Å². The molecule has 10 nitrogen and oxygen atoms in total. The minimum absolute atomic E-state index is 0.246. The molecule has 1 fully saturated rings. The van der Waals surface area contributed by atoms with Gasteiger partial charge in [-0.15, -0.1) is 0 Å². The van der Waals surface area contributed by atoms with Gasteiger partial charge in [-0.05, 0) is 18.6 Å². The van der Waals surface area contributed by atoms with E-state index in [9.17, 15) is 26.0 Å². The molecule has 0 aliphatic carbocycles. The van der Waals surface area contributed by atoms with E-state index in [0.717, 1.165) is 30.2 Å². The fraction of sp³-hybridized carbons (Fsp3) is 0.500. The van der Waals surface area contributed by atoms with Crippen molar-refractivity contribution in [3.05, 3.63) is 41.3 Å². The minimum atomic E-state index is -5.08. The first-order chi connectivity index (χ1) is 17.3. The van der Waals surface area contributed by atoms with Crippen molar-refractivity contribution in [3.63, 3.8) is 0 Å². The molecule has 3 heterocycles. The fourth-order valence-corrected chi connectivity index (χ4v) is 5.36. The molecule has 1 saturated heterocycles. The van der Waals surface area contributed by atoms with Gasteiger partial charge in [0.2, 0.25) is 16.0 Å². The molecule has 204 valence electrons. The lowest BCUT2D eigenvalue weighted by atomic mass is 10.1. The number of halogens is 4. The van der Waals surface area contributed by atoms with Crippen molar-refractivity contribution in [2.24, 2.45) is 0 Å². The summed E-state index contributed by atoms with van der Waals surface area (Å²) >= 11 is 0. The molecule has 0 unspecified atom stereocenters. The molecule has 37 heavy (non-hydrogen) atoms. The first-order valence-electron chi connectivity index (χ1n) is 11.3. The number of morpholine rings is 1. The molecule has 2 aromatic rings. The number of hydrogen-bond donors (Lipinski definition) is 1. The van der Waals surface area contributed by atoms with Gasteiger partial charge in [0.05, 0.1) is 18.9 Å². The largest absolute Gasteiger partial charge is 0.490 e. The maximum Gasteiger partial charge on any atom is 0.490 e. The zero-order chi connectivity index (χ0) is 27.4. The zero-order valence-corrected chi connectivity index (χ0v) is 21.0.